The summed E-state index contributed by atoms with van der Waals surface area (Å²) in [4.78, 5) is 12.1. The molecular formula is C17H18ClN3O3S. The van der Waals surface area contributed by atoms with Gasteiger partial charge in [0.25, 0.3) is 5.91 Å². The van der Waals surface area contributed by atoms with E-state index in [1.807, 2.05) is 30.3 Å². The van der Waals surface area contributed by atoms with Crippen molar-refractivity contribution < 1.29 is 13.2 Å². The largest absolute Gasteiger partial charge is 0.271 e. The highest BCUT2D eigenvalue weighted by Crippen LogP contribution is 2.20. The molecular weight excluding hydrogens is 362 g/mol. The molecule has 0 aromatic heterocycles. The van der Waals surface area contributed by atoms with E-state index in [1.54, 1.807) is 19.1 Å². The van der Waals surface area contributed by atoms with Crippen molar-refractivity contribution in [3.05, 3.63) is 65.2 Å². The highest BCUT2D eigenvalue weighted by molar-refractivity contribution is 7.92. The number of sulfonamides is 1. The van der Waals surface area contributed by atoms with E-state index in [2.05, 4.69) is 10.5 Å². The van der Waals surface area contributed by atoms with Crippen LogP contribution in [0, 0.1) is 0 Å². The van der Waals surface area contributed by atoms with Gasteiger partial charge in [-0.2, -0.15) is 5.10 Å². The SMILES string of the molecule is C/C(=N/NC(=O)CN(c1ccc(Cl)cc1)S(C)(=O)=O)c1ccccc1. The quantitative estimate of drug-likeness (QED) is 0.619. The zero-order valence-corrected chi connectivity index (χ0v) is 15.4. The van der Waals surface area contributed by atoms with Gasteiger partial charge >= 0.3 is 0 Å². The number of rotatable bonds is 6. The molecule has 0 saturated carbocycles. The Kier molecular flexibility index (Phi) is 6.17. The van der Waals surface area contributed by atoms with E-state index in [0.717, 1.165) is 16.1 Å². The van der Waals surface area contributed by atoms with E-state index in [9.17, 15) is 13.2 Å². The predicted molar refractivity (Wildman–Crippen MR) is 100 cm³/mol. The van der Waals surface area contributed by atoms with Gasteiger partial charge in [-0.05, 0) is 36.8 Å². The smallest absolute Gasteiger partial charge is 0.260 e. The summed E-state index contributed by atoms with van der Waals surface area (Å²) in [5.41, 5.74) is 4.21. The van der Waals surface area contributed by atoms with Crippen LogP contribution in [0.4, 0.5) is 5.69 Å². The number of hydrogen-bond donors (Lipinski definition) is 1. The van der Waals surface area contributed by atoms with E-state index in [0.29, 0.717) is 16.4 Å². The highest BCUT2D eigenvalue weighted by atomic mass is 35.5. The van der Waals surface area contributed by atoms with Gasteiger partial charge in [0.05, 0.1) is 17.7 Å². The Bertz CT molecular complexity index is 866. The minimum absolute atomic E-state index is 0.353. The second kappa shape index (κ2) is 8.13. The third-order valence-corrected chi connectivity index (χ3v) is 4.73. The molecule has 2 aromatic rings. The third kappa shape index (κ3) is 5.58. The summed E-state index contributed by atoms with van der Waals surface area (Å²) < 4.78 is 25.0. The highest BCUT2D eigenvalue weighted by Gasteiger charge is 2.20. The lowest BCUT2D eigenvalue weighted by molar-refractivity contribution is -0.119. The average Bonchev–Trinajstić information content (AvgIpc) is 2.58. The lowest BCUT2D eigenvalue weighted by Gasteiger charge is -2.21. The first kappa shape index (κ1) is 19.0. The van der Waals surface area contributed by atoms with Crippen LogP contribution in [-0.4, -0.2) is 32.8 Å². The van der Waals surface area contributed by atoms with Crippen LogP contribution in [0.1, 0.15) is 12.5 Å². The second-order valence-electron chi connectivity index (χ2n) is 5.34. The van der Waals surface area contributed by atoms with Crippen molar-refractivity contribution in [3.63, 3.8) is 0 Å². The number of hydrazone groups is 1. The molecule has 2 aromatic carbocycles. The zero-order valence-electron chi connectivity index (χ0n) is 13.8. The first-order valence-electron chi connectivity index (χ1n) is 7.39. The number of nitrogens with one attached hydrogen (secondary N) is 1. The van der Waals surface area contributed by atoms with Crippen molar-refractivity contribution in [1.82, 2.24) is 5.43 Å². The Morgan fingerprint density at radius 3 is 2.28 bits per heavy atom. The van der Waals surface area contributed by atoms with Crippen LogP contribution in [0.3, 0.4) is 0 Å². The van der Waals surface area contributed by atoms with Crippen LogP contribution in [0.15, 0.2) is 59.7 Å². The van der Waals surface area contributed by atoms with Crippen molar-refractivity contribution in [1.29, 1.82) is 0 Å². The summed E-state index contributed by atoms with van der Waals surface area (Å²) in [6.07, 6.45) is 1.04. The molecule has 0 heterocycles. The number of halogens is 1. The fourth-order valence-electron chi connectivity index (χ4n) is 2.06. The van der Waals surface area contributed by atoms with E-state index in [1.165, 1.54) is 12.1 Å². The number of anilines is 1. The van der Waals surface area contributed by atoms with Crippen LogP contribution in [0.25, 0.3) is 0 Å². The molecule has 25 heavy (non-hydrogen) atoms. The molecule has 0 radical (unpaired) electrons. The van der Waals surface area contributed by atoms with Crippen molar-refractivity contribution >= 4 is 38.9 Å². The van der Waals surface area contributed by atoms with Crippen molar-refractivity contribution in [2.24, 2.45) is 5.10 Å². The van der Waals surface area contributed by atoms with Crippen LogP contribution >= 0.6 is 11.6 Å². The molecule has 0 aliphatic heterocycles. The maximum Gasteiger partial charge on any atom is 0.260 e. The molecule has 0 fully saturated rings. The summed E-state index contributed by atoms with van der Waals surface area (Å²) in [7, 11) is -3.64. The number of benzene rings is 2. The molecule has 0 saturated heterocycles. The predicted octanol–water partition coefficient (Wildman–Crippen LogP) is 2.65. The molecule has 0 aliphatic rings. The van der Waals surface area contributed by atoms with Gasteiger partial charge in [-0.15, -0.1) is 0 Å². The molecule has 0 spiro atoms. The molecule has 0 aliphatic carbocycles. The van der Waals surface area contributed by atoms with Crippen molar-refractivity contribution in [2.75, 3.05) is 17.1 Å². The number of amides is 1. The van der Waals surface area contributed by atoms with Crippen LogP contribution in [-0.2, 0) is 14.8 Å². The zero-order chi connectivity index (χ0) is 18.4. The molecule has 0 unspecified atom stereocenters. The Morgan fingerprint density at radius 1 is 1.12 bits per heavy atom. The summed E-state index contributed by atoms with van der Waals surface area (Å²) in [6.45, 7) is 1.37. The van der Waals surface area contributed by atoms with Crippen LogP contribution in [0.5, 0.6) is 0 Å². The number of carbonyl (C=O) groups excluding carboxylic acids is 1. The Morgan fingerprint density at radius 2 is 1.72 bits per heavy atom. The summed E-state index contributed by atoms with van der Waals surface area (Å²) in [5.74, 6) is -0.546. The normalized spacial score (nSPS) is 11.9. The van der Waals surface area contributed by atoms with Gasteiger partial charge in [-0.1, -0.05) is 41.9 Å². The van der Waals surface area contributed by atoms with E-state index >= 15 is 0 Å². The minimum atomic E-state index is -3.64. The van der Waals surface area contributed by atoms with Crippen LogP contribution in [0.2, 0.25) is 5.02 Å². The first-order valence-corrected chi connectivity index (χ1v) is 9.62. The summed E-state index contributed by atoms with van der Waals surface area (Å²) >= 11 is 5.81. The molecule has 8 heteroatoms. The monoisotopic (exact) mass is 379 g/mol. The lowest BCUT2D eigenvalue weighted by atomic mass is 10.1. The molecule has 0 bridgehead atoms. The summed E-state index contributed by atoms with van der Waals surface area (Å²) in [5, 5.41) is 4.49. The van der Waals surface area contributed by atoms with Gasteiger partial charge < -0.3 is 0 Å². The molecule has 1 N–H and O–H groups in total. The molecule has 132 valence electrons. The van der Waals surface area contributed by atoms with E-state index < -0.39 is 15.9 Å². The second-order valence-corrected chi connectivity index (χ2v) is 7.69. The van der Waals surface area contributed by atoms with Crippen LogP contribution < -0.4 is 9.73 Å². The lowest BCUT2D eigenvalue weighted by Crippen LogP contribution is -2.39. The molecule has 6 nitrogen and oxygen atoms in total. The Hall–Kier alpha value is -2.38. The molecule has 1 amide bonds. The topological polar surface area (TPSA) is 78.8 Å². The fourth-order valence-corrected chi connectivity index (χ4v) is 3.05. The third-order valence-electron chi connectivity index (χ3n) is 3.34. The maximum atomic E-state index is 12.1. The number of nitrogens with zero attached hydrogens (tertiary/aromatic N) is 2. The fraction of sp³-hybridized carbons (Fsp3) is 0.176. The van der Waals surface area contributed by atoms with E-state index in [-0.39, 0.29) is 6.54 Å². The maximum absolute atomic E-state index is 12.1. The standard InChI is InChI=1S/C17H18ClN3O3S/c1-13(14-6-4-3-5-7-14)19-20-17(22)12-21(25(2,23)24)16-10-8-15(18)9-11-16/h3-11H,12H2,1-2H3,(H,20,22)/b19-13-. The molecule has 2 rings (SSSR count). The minimum Gasteiger partial charge on any atom is -0.271 e. The van der Waals surface area contributed by atoms with Gasteiger partial charge in [0, 0.05) is 5.02 Å². The van der Waals surface area contributed by atoms with Gasteiger partial charge in [0.15, 0.2) is 0 Å². The van der Waals surface area contributed by atoms with Crippen molar-refractivity contribution in [2.45, 2.75) is 6.92 Å². The molecule has 0 atom stereocenters. The average molecular weight is 380 g/mol. The van der Waals surface area contributed by atoms with Gasteiger partial charge in [0.1, 0.15) is 6.54 Å². The van der Waals surface area contributed by atoms with Gasteiger partial charge in [-0.25, -0.2) is 13.8 Å². The first-order chi connectivity index (χ1) is 11.8. The Labute approximate surface area is 152 Å². The van der Waals surface area contributed by atoms with Gasteiger partial charge in [0.2, 0.25) is 10.0 Å². The number of hydrogen-bond acceptors (Lipinski definition) is 4. The summed E-state index contributed by atoms with van der Waals surface area (Å²) in [6, 6.07) is 15.5. The van der Waals surface area contributed by atoms with E-state index in [4.69, 9.17) is 11.6 Å². The number of carbonyl (C=O) groups is 1. The van der Waals surface area contributed by atoms with Crippen molar-refractivity contribution in [3.8, 4) is 0 Å². The van der Waals surface area contributed by atoms with Gasteiger partial charge in [-0.3, -0.25) is 9.10 Å². The Balaban J connectivity index is 2.11.